The smallest absolute Gasteiger partial charge is 0.309 e. The molecule has 5 heteroatoms. The third-order valence-electron chi connectivity index (χ3n) is 3.74. The zero-order chi connectivity index (χ0) is 13.7. The van der Waals surface area contributed by atoms with Crippen molar-refractivity contribution in [2.45, 2.75) is 38.0 Å². The second kappa shape index (κ2) is 6.19. The van der Waals surface area contributed by atoms with Gasteiger partial charge in [0, 0.05) is 23.4 Å². The molecular weight excluding hydrogens is 260 g/mol. The van der Waals surface area contributed by atoms with Gasteiger partial charge in [-0.1, -0.05) is 18.9 Å². The molecule has 1 aromatic heterocycles. The second-order valence-electron chi connectivity index (χ2n) is 5.01. The van der Waals surface area contributed by atoms with Crippen molar-refractivity contribution in [2.24, 2.45) is 0 Å². The highest BCUT2D eigenvalue weighted by atomic mass is 32.1. The first-order valence-corrected chi connectivity index (χ1v) is 7.66. The molecule has 1 saturated carbocycles. The summed E-state index contributed by atoms with van der Waals surface area (Å²) in [7, 11) is 0. The molecule has 104 valence electrons. The van der Waals surface area contributed by atoms with Crippen LogP contribution in [-0.4, -0.2) is 24.9 Å². The normalized spacial score (nSPS) is 17.1. The number of thiophene rings is 1. The van der Waals surface area contributed by atoms with Crippen molar-refractivity contribution in [1.82, 2.24) is 10.6 Å². The summed E-state index contributed by atoms with van der Waals surface area (Å²) in [5, 5.41) is 7.38. The topological polar surface area (TPSA) is 58.2 Å². The first-order valence-electron chi connectivity index (χ1n) is 6.78. The van der Waals surface area contributed by atoms with Crippen LogP contribution in [0.1, 0.15) is 37.5 Å². The fraction of sp³-hybridized carbons (Fsp3) is 0.571. The Labute approximate surface area is 117 Å². The van der Waals surface area contributed by atoms with Gasteiger partial charge in [-0.15, -0.1) is 11.3 Å². The third kappa shape index (κ3) is 3.15. The Kier molecular flexibility index (Phi) is 4.58. The van der Waals surface area contributed by atoms with Crippen molar-refractivity contribution in [3.8, 4) is 0 Å². The van der Waals surface area contributed by atoms with Crippen LogP contribution < -0.4 is 10.6 Å². The molecule has 0 aliphatic heterocycles. The maximum absolute atomic E-state index is 11.7. The molecule has 0 radical (unpaired) electrons. The highest BCUT2D eigenvalue weighted by Crippen LogP contribution is 2.42. The monoisotopic (exact) mass is 280 g/mol. The van der Waals surface area contributed by atoms with Gasteiger partial charge >= 0.3 is 11.8 Å². The summed E-state index contributed by atoms with van der Waals surface area (Å²) in [5.41, 5.74) is 0.0380. The van der Waals surface area contributed by atoms with Gasteiger partial charge in [0.25, 0.3) is 0 Å². The molecule has 1 fully saturated rings. The Morgan fingerprint density at radius 2 is 1.95 bits per heavy atom. The standard InChI is InChI=1S/C14H20N2O2S/c1-2-15-12(17)13(18)16-10-14(7-3-4-8-14)11-6-5-9-19-11/h5-6,9H,2-4,7-8,10H2,1H3,(H,15,17)(H,16,18). The molecule has 0 unspecified atom stereocenters. The molecule has 0 spiro atoms. The van der Waals surface area contributed by atoms with E-state index >= 15 is 0 Å². The van der Waals surface area contributed by atoms with Crippen LogP contribution in [0.5, 0.6) is 0 Å². The van der Waals surface area contributed by atoms with E-state index in [-0.39, 0.29) is 5.41 Å². The van der Waals surface area contributed by atoms with E-state index in [1.54, 1.807) is 18.3 Å². The zero-order valence-electron chi connectivity index (χ0n) is 11.2. The molecule has 19 heavy (non-hydrogen) atoms. The van der Waals surface area contributed by atoms with Gasteiger partial charge in [0.15, 0.2) is 0 Å². The lowest BCUT2D eigenvalue weighted by molar-refractivity contribution is -0.139. The number of carbonyl (C=O) groups excluding carboxylic acids is 2. The first-order chi connectivity index (χ1) is 9.18. The molecule has 0 aromatic carbocycles. The number of hydrogen-bond donors (Lipinski definition) is 2. The lowest BCUT2D eigenvalue weighted by Gasteiger charge is -2.28. The van der Waals surface area contributed by atoms with Crippen molar-refractivity contribution in [1.29, 1.82) is 0 Å². The molecule has 2 rings (SSSR count). The van der Waals surface area contributed by atoms with Crippen LogP contribution in [0.15, 0.2) is 17.5 Å². The summed E-state index contributed by atoms with van der Waals surface area (Å²) >= 11 is 1.74. The SMILES string of the molecule is CCNC(=O)C(=O)NCC1(c2cccs2)CCCC1. The third-order valence-corrected chi connectivity index (χ3v) is 4.85. The number of hydrogen-bond acceptors (Lipinski definition) is 3. The summed E-state index contributed by atoms with van der Waals surface area (Å²) in [6.07, 6.45) is 4.55. The maximum Gasteiger partial charge on any atom is 0.309 e. The average molecular weight is 280 g/mol. The Bertz CT molecular complexity index is 436. The predicted octanol–water partition coefficient (Wildman–Crippen LogP) is 1.81. The number of carbonyl (C=O) groups is 2. The van der Waals surface area contributed by atoms with Gasteiger partial charge in [-0.3, -0.25) is 9.59 Å². The maximum atomic E-state index is 11.7. The van der Waals surface area contributed by atoms with E-state index in [1.807, 2.05) is 6.07 Å². The summed E-state index contributed by atoms with van der Waals surface area (Å²) in [6, 6.07) is 4.18. The highest BCUT2D eigenvalue weighted by molar-refractivity contribution is 7.10. The van der Waals surface area contributed by atoms with Crippen LogP contribution >= 0.6 is 11.3 Å². The van der Waals surface area contributed by atoms with Crippen LogP contribution in [0.3, 0.4) is 0 Å². The minimum Gasteiger partial charge on any atom is -0.348 e. The lowest BCUT2D eigenvalue weighted by Crippen LogP contribution is -2.45. The molecule has 2 N–H and O–H groups in total. The fourth-order valence-corrected chi connectivity index (χ4v) is 3.70. The first kappa shape index (κ1) is 14.1. The van der Waals surface area contributed by atoms with E-state index in [1.165, 1.54) is 17.7 Å². The number of likely N-dealkylation sites (N-methyl/N-ethyl adjacent to an activating group) is 1. The number of rotatable bonds is 4. The molecule has 0 saturated heterocycles. The van der Waals surface area contributed by atoms with Gasteiger partial charge in [0.05, 0.1) is 0 Å². The van der Waals surface area contributed by atoms with Gasteiger partial charge in [-0.25, -0.2) is 0 Å². The highest BCUT2D eigenvalue weighted by Gasteiger charge is 2.37. The average Bonchev–Trinajstić information content (AvgIpc) is 3.07. The molecule has 1 aromatic rings. The van der Waals surface area contributed by atoms with E-state index in [0.29, 0.717) is 13.1 Å². The quantitative estimate of drug-likeness (QED) is 0.826. The van der Waals surface area contributed by atoms with Crippen molar-refractivity contribution in [3.05, 3.63) is 22.4 Å². The predicted molar refractivity (Wildman–Crippen MR) is 76.2 cm³/mol. The molecule has 0 bridgehead atoms. The molecular formula is C14H20N2O2S. The Morgan fingerprint density at radius 1 is 1.26 bits per heavy atom. The number of nitrogens with one attached hydrogen (secondary N) is 2. The van der Waals surface area contributed by atoms with Gasteiger partial charge in [-0.05, 0) is 31.2 Å². The van der Waals surface area contributed by atoms with Crippen molar-refractivity contribution < 1.29 is 9.59 Å². The van der Waals surface area contributed by atoms with Gasteiger partial charge < -0.3 is 10.6 Å². The Hall–Kier alpha value is -1.36. The molecule has 2 amide bonds. The fourth-order valence-electron chi connectivity index (χ4n) is 2.71. The van der Waals surface area contributed by atoms with Gasteiger partial charge in [0.1, 0.15) is 0 Å². The van der Waals surface area contributed by atoms with Crippen LogP contribution in [0, 0.1) is 0 Å². The summed E-state index contributed by atoms with van der Waals surface area (Å²) in [5.74, 6) is -1.06. The minimum atomic E-state index is -0.540. The summed E-state index contributed by atoms with van der Waals surface area (Å²) in [6.45, 7) is 2.83. The molecule has 0 atom stereocenters. The second-order valence-corrected chi connectivity index (χ2v) is 5.95. The lowest BCUT2D eigenvalue weighted by atomic mass is 9.84. The van der Waals surface area contributed by atoms with E-state index < -0.39 is 11.8 Å². The molecule has 4 nitrogen and oxygen atoms in total. The van der Waals surface area contributed by atoms with E-state index in [2.05, 4.69) is 22.1 Å². The van der Waals surface area contributed by atoms with Crippen LogP contribution in [0.2, 0.25) is 0 Å². The van der Waals surface area contributed by atoms with Crippen molar-refractivity contribution in [3.63, 3.8) is 0 Å². The van der Waals surface area contributed by atoms with E-state index in [0.717, 1.165) is 12.8 Å². The van der Waals surface area contributed by atoms with Crippen LogP contribution in [0.4, 0.5) is 0 Å². The Morgan fingerprint density at radius 3 is 2.53 bits per heavy atom. The number of amides is 2. The largest absolute Gasteiger partial charge is 0.348 e. The summed E-state index contributed by atoms with van der Waals surface area (Å²) in [4.78, 5) is 24.4. The van der Waals surface area contributed by atoms with Gasteiger partial charge in [-0.2, -0.15) is 0 Å². The van der Waals surface area contributed by atoms with E-state index in [9.17, 15) is 9.59 Å². The summed E-state index contributed by atoms with van der Waals surface area (Å²) < 4.78 is 0. The molecule has 1 aliphatic carbocycles. The molecule has 1 aliphatic rings. The zero-order valence-corrected chi connectivity index (χ0v) is 12.0. The van der Waals surface area contributed by atoms with Crippen LogP contribution in [-0.2, 0) is 15.0 Å². The van der Waals surface area contributed by atoms with E-state index in [4.69, 9.17) is 0 Å². The van der Waals surface area contributed by atoms with Gasteiger partial charge in [0.2, 0.25) is 0 Å². The Balaban J connectivity index is 1.99. The van der Waals surface area contributed by atoms with Crippen LogP contribution in [0.25, 0.3) is 0 Å². The van der Waals surface area contributed by atoms with Crippen molar-refractivity contribution >= 4 is 23.2 Å². The minimum absolute atomic E-state index is 0.0380. The molecule has 1 heterocycles. The van der Waals surface area contributed by atoms with Crippen molar-refractivity contribution in [2.75, 3.05) is 13.1 Å².